The third-order valence-electron chi connectivity index (χ3n) is 2.64. The van der Waals surface area contributed by atoms with Gasteiger partial charge in [-0.1, -0.05) is 6.07 Å². The summed E-state index contributed by atoms with van der Waals surface area (Å²) in [6.07, 6.45) is 0. The Hall–Kier alpha value is -1.51. The van der Waals surface area contributed by atoms with Crippen LogP contribution < -0.4 is 4.72 Å². The van der Waals surface area contributed by atoms with Gasteiger partial charge in [-0.15, -0.1) is 0 Å². The number of aliphatic hydroxyl groups excluding tert-OH is 1. The number of anilines is 1. The lowest BCUT2D eigenvalue weighted by Crippen LogP contribution is -2.14. The van der Waals surface area contributed by atoms with Crippen molar-refractivity contribution < 1.29 is 22.3 Å². The molecule has 2 rings (SSSR count). The third kappa shape index (κ3) is 3.58. The van der Waals surface area contributed by atoms with Gasteiger partial charge in [-0.2, -0.15) is 0 Å². The molecule has 0 radical (unpaired) electrons. The number of hydrogen-bond donors (Lipinski definition) is 2. The lowest BCUT2D eigenvalue weighted by atomic mass is 10.2. The molecule has 2 aromatic rings. The summed E-state index contributed by atoms with van der Waals surface area (Å²) in [5, 5.41) is 9.05. The minimum absolute atomic E-state index is 0.102. The van der Waals surface area contributed by atoms with Gasteiger partial charge in [0.15, 0.2) is 11.6 Å². The van der Waals surface area contributed by atoms with E-state index in [2.05, 4.69) is 20.7 Å². The molecule has 112 valence electrons. The maximum absolute atomic E-state index is 13.1. The molecule has 0 aliphatic heterocycles. The number of benzene rings is 2. The van der Waals surface area contributed by atoms with Gasteiger partial charge in [0, 0.05) is 10.5 Å². The van der Waals surface area contributed by atoms with E-state index in [4.69, 9.17) is 5.11 Å². The summed E-state index contributed by atoms with van der Waals surface area (Å²) in [6, 6.07) is 7.00. The zero-order valence-corrected chi connectivity index (χ0v) is 12.9. The van der Waals surface area contributed by atoms with Gasteiger partial charge in [0.05, 0.1) is 12.3 Å². The van der Waals surface area contributed by atoms with E-state index >= 15 is 0 Å². The van der Waals surface area contributed by atoms with E-state index in [1.54, 1.807) is 6.07 Å². The van der Waals surface area contributed by atoms with Crippen LogP contribution in [0.3, 0.4) is 0 Å². The highest BCUT2D eigenvalue weighted by Gasteiger charge is 2.19. The van der Waals surface area contributed by atoms with Crippen molar-refractivity contribution in [3.8, 4) is 0 Å². The molecule has 0 amide bonds. The molecule has 2 N–H and O–H groups in total. The van der Waals surface area contributed by atoms with Crippen molar-refractivity contribution in [3.63, 3.8) is 0 Å². The Balaban J connectivity index is 2.40. The predicted molar refractivity (Wildman–Crippen MR) is 77.2 cm³/mol. The van der Waals surface area contributed by atoms with Crippen molar-refractivity contribution in [1.82, 2.24) is 0 Å². The molecule has 8 heteroatoms. The Morgan fingerprint density at radius 2 is 1.81 bits per heavy atom. The Bertz CT molecular complexity index is 781. The van der Waals surface area contributed by atoms with E-state index in [9.17, 15) is 17.2 Å². The van der Waals surface area contributed by atoms with Crippen LogP contribution in [-0.4, -0.2) is 13.5 Å². The number of halogens is 3. The standard InChI is InChI=1S/C13H10BrF2NO3S/c14-10-3-1-8(7-18)5-13(10)21(19,20)17-9-2-4-11(15)12(16)6-9/h1-6,17-18H,7H2. The van der Waals surface area contributed by atoms with E-state index in [1.807, 2.05) is 0 Å². The largest absolute Gasteiger partial charge is 0.392 e. The van der Waals surface area contributed by atoms with Gasteiger partial charge in [-0.3, -0.25) is 4.72 Å². The molecule has 0 saturated heterocycles. The van der Waals surface area contributed by atoms with Crippen LogP contribution in [0.15, 0.2) is 45.8 Å². The lowest BCUT2D eigenvalue weighted by Gasteiger charge is -2.11. The first-order valence-electron chi connectivity index (χ1n) is 5.70. The minimum atomic E-state index is -4.00. The topological polar surface area (TPSA) is 66.4 Å². The molecular formula is C13H10BrF2NO3S. The molecule has 0 aromatic heterocycles. The average molecular weight is 378 g/mol. The van der Waals surface area contributed by atoms with Crippen molar-refractivity contribution in [2.75, 3.05) is 4.72 Å². The van der Waals surface area contributed by atoms with Crippen LogP contribution in [-0.2, 0) is 16.6 Å². The van der Waals surface area contributed by atoms with Crippen LogP contribution in [0, 0.1) is 11.6 Å². The van der Waals surface area contributed by atoms with Crippen molar-refractivity contribution in [2.24, 2.45) is 0 Å². The molecule has 0 saturated carbocycles. The van der Waals surface area contributed by atoms with Crippen LogP contribution in [0.2, 0.25) is 0 Å². The van der Waals surface area contributed by atoms with Gasteiger partial charge in [-0.05, 0) is 45.8 Å². The fraction of sp³-hybridized carbons (Fsp3) is 0.0769. The van der Waals surface area contributed by atoms with Gasteiger partial charge in [0.2, 0.25) is 0 Å². The number of sulfonamides is 1. The summed E-state index contributed by atoms with van der Waals surface area (Å²) < 4.78 is 52.9. The van der Waals surface area contributed by atoms with Crippen molar-refractivity contribution >= 4 is 31.6 Å². The normalized spacial score (nSPS) is 11.4. The quantitative estimate of drug-likeness (QED) is 0.860. The van der Waals surface area contributed by atoms with E-state index in [-0.39, 0.29) is 21.7 Å². The molecule has 0 bridgehead atoms. The highest BCUT2D eigenvalue weighted by molar-refractivity contribution is 9.10. The third-order valence-corrected chi connectivity index (χ3v) is 5.01. The highest BCUT2D eigenvalue weighted by Crippen LogP contribution is 2.26. The second-order valence-corrected chi connectivity index (χ2v) is 6.66. The maximum atomic E-state index is 13.1. The first-order chi connectivity index (χ1) is 9.83. The summed E-state index contributed by atoms with van der Waals surface area (Å²) in [5.41, 5.74) is 0.305. The Morgan fingerprint density at radius 3 is 2.43 bits per heavy atom. The van der Waals surface area contributed by atoms with Crippen molar-refractivity contribution in [3.05, 3.63) is 58.1 Å². The molecule has 0 aliphatic carbocycles. The fourth-order valence-electron chi connectivity index (χ4n) is 1.62. The lowest BCUT2D eigenvalue weighted by molar-refractivity contribution is 0.281. The molecular weight excluding hydrogens is 368 g/mol. The van der Waals surface area contributed by atoms with E-state index in [0.717, 1.165) is 18.2 Å². The van der Waals surface area contributed by atoms with Gasteiger partial charge in [0.25, 0.3) is 10.0 Å². The van der Waals surface area contributed by atoms with Crippen molar-refractivity contribution in [1.29, 1.82) is 0 Å². The van der Waals surface area contributed by atoms with Crippen LogP contribution in [0.1, 0.15) is 5.56 Å². The summed E-state index contributed by atoms with van der Waals surface area (Å²) in [5.74, 6) is -2.22. The molecule has 2 aromatic carbocycles. The first-order valence-corrected chi connectivity index (χ1v) is 7.98. The Kier molecular flexibility index (Phi) is 4.60. The molecule has 0 aliphatic rings. The van der Waals surface area contributed by atoms with Gasteiger partial charge < -0.3 is 5.11 Å². The van der Waals surface area contributed by atoms with E-state index < -0.39 is 21.7 Å². The Morgan fingerprint density at radius 1 is 1.10 bits per heavy atom. The maximum Gasteiger partial charge on any atom is 0.263 e. The SMILES string of the molecule is O=S(=O)(Nc1ccc(F)c(F)c1)c1cc(CO)ccc1Br. The molecule has 0 heterocycles. The van der Waals surface area contributed by atoms with E-state index in [0.29, 0.717) is 5.56 Å². The molecule has 0 atom stereocenters. The smallest absolute Gasteiger partial charge is 0.263 e. The zero-order chi connectivity index (χ0) is 15.6. The fourth-order valence-corrected chi connectivity index (χ4v) is 3.69. The molecule has 0 unspecified atom stereocenters. The molecule has 0 fully saturated rings. The number of rotatable bonds is 4. The second-order valence-electron chi connectivity index (χ2n) is 4.16. The number of aliphatic hydroxyl groups is 1. The monoisotopic (exact) mass is 377 g/mol. The number of hydrogen-bond acceptors (Lipinski definition) is 3. The van der Waals surface area contributed by atoms with E-state index in [1.165, 1.54) is 12.1 Å². The number of nitrogens with one attached hydrogen (secondary N) is 1. The van der Waals surface area contributed by atoms with Gasteiger partial charge in [-0.25, -0.2) is 17.2 Å². The van der Waals surface area contributed by atoms with Crippen LogP contribution >= 0.6 is 15.9 Å². The van der Waals surface area contributed by atoms with Crippen molar-refractivity contribution in [2.45, 2.75) is 11.5 Å². The van der Waals surface area contributed by atoms with Crippen LogP contribution in [0.5, 0.6) is 0 Å². The molecule has 4 nitrogen and oxygen atoms in total. The van der Waals surface area contributed by atoms with Crippen LogP contribution in [0.4, 0.5) is 14.5 Å². The van der Waals surface area contributed by atoms with Gasteiger partial charge >= 0.3 is 0 Å². The summed E-state index contributed by atoms with van der Waals surface area (Å²) in [6.45, 7) is -0.318. The second kappa shape index (κ2) is 6.08. The summed E-state index contributed by atoms with van der Waals surface area (Å²) in [7, 11) is -4.00. The molecule has 21 heavy (non-hydrogen) atoms. The Labute approximate surface area is 128 Å². The molecule has 0 spiro atoms. The minimum Gasteiger partial charge on any atom is -0.392 e. The van der Waals surface area contributed by atoms with Gasteiger partial charge in [0.1, 0.15) is 4.90 Å². The zero-order valence-electron chi connectivity index (χ0n) is 10.5. The summed E-state index contributed by atoms with van der Waals surface area (Å²) in [4.78, 5) is -0.112. The van der Waals surface area contributed by atoms with Crippen LogP contribution in [0.25, 0.3) is 0 Å². The summed E-state index contributed by atoms with van der Waals surface area (Å²) >= 11 is 3.10. The highest BCUT2D eigenvalue weighted by atomic mass is 79.9. The predicted octanol–water partition coefficient (Wildman–Crippen LogP) is 3.02. The average Bonchev–Trinajstić information content (AvgIpc) is 2.43. The first kappa shape index (κ1) is 15.9.